The van der Waals surface area contributed by atoms with Gasteiger partial charge in [0.2, 0.25) is 0 Å². The number of nitrogens with zero attached hydrogens (tertiary/aromatic N) is 3. The monoisotopic (exact) mass is 394 g/mol. The standard InChI is InChI=1S/C13H22N4O2.HI/c1-3-11-10(12(4-2)19-16-11)9-15-13(14)17-5-7-18-8-6-17;/h3-9H2,1-2H3,(H2,14,15);1H. The topological polar surface area (TPSA) is 76.9 Å². The highest BCUT2D eigenvalue weighted by Gasteiger charge is 2.15. The molecule has 0 unspecified atom stereocenters. The summed E-state index contributed by atoms with van der Waals surface area (Å²) in [5.41, 5.74) is 8.08. The largest absolute Gasteiger partial charge is 0.378 e. The molecule has 1 aliphatic rings. The van der Waals surface area contributed by atoms with Crippen molar-refractivity contribution in [1.82, 2.24) is 10.1 Å². The molecule has 2 rings (SSSR count). The predicted molar refractivity (Wildman–Crippen MR) is 88.4 cm³/mol. The molecule has 0 radical (unpaired) electrons. The van der Waals surface area contributed by atoms with Gasteiger partial charge in [-0.3, -0.25) is 0 Å². The van der Waals surface area contributed by atoms with E-state index in [0.717, 1.165) is 42.9 Å². The Bertz CT molecular complexity index is 420. The first kappa shape index (κ1) is 17.2. The van der Waals surface area contributed by atoms with Gasteiger partial charge in [0.25, 0.3) is 0 Å². The van der Waals surface area contributed by atoms with Gasteiger partial charge in [-0.25, -0.2) is 4.99 Å². The van der Waals surface area contributed by atoms with Crippen LogP contribution in [-0.4, -0.2) is 42.3 Å². The van der Waals surface area contributed by atoms with Crippen LogP contribution >= 0.6 is 24.0 Å². The summed E-state index contributed by atoms with van der Waals surface area (Å²) in [6.45, 7) is 7.70. The summed E-state index contributed by atoms with van der Waals surface area (Å²) >= 11 is 0. The average Bonchev–Trinajstić information content (AvgIpc) is 2.87. The van der Waals surface area contributed by atoms with Gasteiger partial charge in [-0.05, 0) is 6.42 Å². The molecular formula is C13H23IN4O2. The maximum Gasteiger partial charge on any atom is 0.191 e. The van der Waals surface area contributed by atoms with Gasteiger partial charge in [-0.2, -0.15) is 0 Å². The van der Waals surface area contributed by atoms with Crippen LogP contribution in [0, 0.1) is 0 Å². The van der Waals surface area contributed by atoms with Gasteiger partial charge in [0.1, 0.15) is 5.76 Å². The number of aromatic nitrogens is 1. The second kappa shape index (κ2) is 8.46. The summed E-state index contributed by atoms with van der Waals surface area (Å²) in [5.74, 6) is 1.49. The van der Waals surface area contributed by atoms with Gasteiger partial charge in [-0.1, -0.05) is 19.0 Å². The van der Waals surface area contributed by atoms with Crippen molar-refractivity contribution in [3.63, 3.8) is 0 Å². The molecule has 0 atom stereocenters. The van der Waals surface area contributed by atoms with Crippen molar-refractivity contribution in [1.29, 1.82) is 0 Å². The summed E-state index contributed by atoms with van der Waals surface area (Å²) < 4.78 is 10.6. The van der Waals surface area contributed by atoms with E-state index in [1.165, 1.54) is 0 Å². The Kier molecular flexibility index (Phi) is 7.28. The summed E-state index contributed by atoms with van der Waals surface area (Å²) in [7, 11) is 0. The number of aliphatic imine (C=N–C) groups is 1. The smallest absolute Gasteiger partial charge is 0.191 e. The third kappa shape index (κ3) is 4.08. The van der Waals surface area contributed by atoms with Crippen LogP contribution in [-0.2, 0) is 24.1 Å². The molecule has 0 amide bonds. The molecule has 1 aromatic heterocycles. The highest BCUT2D eigenvalue weighted by Crippen LogP contribution is 2.16. The SMILES string of the molecule is CCc1noc(CC)c1CN=C(N)N1CCOCC1.I. The summed E-state index contributed by atoms with van der Waals surface area (Å²) in [6.07, 6.45) is 1.68. The van der Waals surface area contributed by atoms with E-state index in [1.54, 1.807) is 0 Å². The van der Waals surface area contributed by atoms with E-state index in [-0.39, 0.29) is 24.0 Å². The van der Waals surface area contributed by atoms with E-state index < -0.39 is 0 Å². The van der Waals surface area contributed by atoms with E-state index in [2.05, 4.69) is 24.0 Å². The minimum Gasteiger partial charge on any atom is -0.378 e. The Morgan fingerprint density at radius 3 is 2.60 bits per heavy atom. The maximum absolute atomic E-state index is 6.02. The molecule has 6 nitrogen and oxygen atoms in total. The molecule has 0 aliphatic carbocycles. The number of hydrogen-bond donors (Lipinski definition) is 1. The fraction of sp³-hybridized carbons (Fsp3) is 0.692. The van der Waals surface area contributed by atoms with Gasteiger partial charge in [-0.15, -0.1) is 24.0 Å². The highest BCUT2D eigenvalue weighted by molar-refractivity contribution is 14.0. The van der Waals surface area contributed by atoms with E-state index in [1.807, 2.05) is 4.90 Å². The lowest BCUT2D eigenvalue weighted by Gasteiger charge is -2.27. The van der Waals surface area contributed by atoms with Gasteiger partial charge < -0.3 is 19.9 Å². The van der Waals surface area contributed by atoms with Crippen molar-refractivity contribution in [2.45, 2.75) is 33.2 Å². The normalized spacial score (nSPS) is 16.1. The molecule has 2 heterocycles. The number of morpholine rings is 1. The van der Waals surface area contributed by atoms with Crippen molar-refractivity contribution in [2.24, 2.45) is 10.7 Å². The Labute approximate surface area is 136 Å². The molecule has 0 aromatic carbocycles. The zero-order valence-corrected chi connectivity index (χ0v) is 14.4. The predicted octanol–water partition coefficient (Wildman–Crippen LogP) is 1.56. The molecule has 114 valence electrons. The number of aryl methyl sites for hydroxylation is 2. The van der Waals surface area contributed by atoms with Gasteiger partial charge in [0, 0.05) is 25.1 Å². The van der Waals surface area contributed by atoms with Crippen LogP contribution in [0.5, 0.6) is 0 Å². The average molecular weight is 394 g/mol. The van der Waals surface area contributed by atoms with Gasteiger partial charge in [0.15, 0.2) is 5.96 Å². The van der Waals surface area contributed by atoms with Gasteiger partial charge >= 0.3 is 0 Å². The Morgan fingerprint density at radius 1 is 1.30 bits per heavy atom. The van der Waals surface area contributed by atoms with E-state index in [9.17, 15) is 0 Å². The molecule has 2 N–H and O–H groups in total. The Morgan fingerprint density at radius 2 is 2.00 bits per heavy atom. The lowest BCUT2D eigenvalue weighted by atomic mass is 10.1. The van der Waals surface area contributed by atoms with Crippen LogP contribution in [0.1, 0.15) is 30.9 Å². The second-order valence-electron chi connectivity index (χ2n) is 4.51. The molecule has 20 heavy (non-hydrogen) atoms. The number of nitrogens with two attached hydrogens (primary N) is 1. The number of hydrogen-bond acceptors (Lipinski definition) is 4. The van der Waals surface area contributed by atoms with Crippen molar-refractivity contribution in [3.8, 4) is 0 Å². The second-order valence-corrected chi connectivity index (χ2v) is 4.51. The third-order valence-corrected chi connectivity index (χ3v) is 3.34. The fourth-order valence-corrected chi connectivity index (χ4v) is 2.17. The van der Waals surface area contributed by atoms with Crippen molar-refractivity contribution in [3.05, 3.63) is 17.0 Å². The van der Waals surface area contributed by atoms with Crippen LogP contribution in [0.25, 0.3) is 0 Å². The zero-order valence-electron chi connectivity index (χ0n) is 12.1. The fourth-order valence-electron chi connectivity index (χ4n) is 2.17. The number of rotatable bonds is 4. The lowest BCUT2D eigenvalue weighted by molar-refractivity contribution is 0.0674. The zero-order chi connectivity index (χ0) is 13.7. The van der Waals surface area contributed by atoms with Crippen LogP contribution in [0.2, 0.25) is 0 Å². The first-order chi connectivity index (χ1) is 9.26. The van der Waals surface area contributed by atoms with Gasteiger partial charge in [0.05, 0.1) is 25.5 Å². The molecule has 0 saturated carbocycles. The third-order valence-electron chi connectivity index (χ3n) is 3.34. The summed E-state index contributed by atoms with van der Waals surface area (Å²) in [5, 5.41) is 4.08. The Hall–Kier alpha value is -0.830. The highest BCUT2D eigenvalue weighted by atomic mass is 127. The van der Waals surface area contributed by atoms with Crippen molar-refractivity contribution >= 4 is 29.9 Å². The van der Waals surface area contributed by atoms with E-state index in [4.69, 9.17) is 15.0 Å². The first-order valence-corrected chi connectivity index (χ1v) is 6.85. The minimum absolute atomic E-state index is 0. The number of guanidine groups is 1. The van der Waals surface area contributed by atoms with E-state index >= 15 is 0 Å². The van der Waals surface area contributed by atoms with Crippen LogP contribution in [0.15, 0.2) is 9.52 Å². The molecule has 7 heteroatoms. The van der Waals surface area contributed by atoms with Crippen LogP contribution in [0.3, 0.4) is 0 Å². The summed E-state index contributed by atoms with van der Waals surface area (Å²) in [4.78, 5) is 6.52. The minimum atomic E-state index is 0. The first-order valence-electron chi connectivity index (χ1n) is 6.85. The van der Waals surface area contributed by atoms with Crippen molar-refractivity contribution < 1.29 is 9.26 Å². The van der Waals surface area contributed by atoms with E-state index in [0.29, 0.717) is 25.7 Å². The molecule has 1 saturated heterocycles. The van der Waals surface area contributed by atoms with Crippen molar-refractivity contribution in [2.75, 3.05) is 26.3 Å². The quantitative estimate of drug-likeness (QED) is 0.477. The van der Waals surface area contributed by atoms with Crippen LogP contribution < -0.4 is 5.73 Å². The molecule has 0 bridgehead atoms. The molecule has 0 spiro atoms. The lowest BCUT2D eigenvalue weighted by Crippen LogP contribution is -2.44. The number of halogens is 1. The molecule has 1 fully saturated rings. The molecular weight excluding hydrogens is 371 g/mol. The maximum atomic E-state index is 6.02. The Balaban J connectivity index is 0.00000200. The van der Waals surface area contributed by atoms with Crippen LogP contribution in [0.4, 0.5) is 0 Å². The summed E-state index contributed by atoms with van der Waals surface area (Å²) in [6, 6.07) is 0. The molecule has 1 aromatic rings. The number of ether oxygens (including phenoxy) is 1. The molecule has 1 aliphatic heterocycles.